The zero-order valence-corrected chi connectivity index (χ0v) is 14.0. The molecule has 3 nitrogen and oxygen atoms in total. The molecule has 0 fully saturated rings. The normalized spacial score (nSPS) is 12.6. The van der Waals surface area contributed by atoms with Crippen LogP contribution < -0.4 is 5.32 Å². The molecule has 0 saturated carbocycles. The van der Waals surface area contributed by atoms with Gasteiger partial charge in [0, 0.05) is 35.9 Å². The van der Waals surface area contributed by atoms with Gasteiger partial charge in [-0.1, -0.05) is 13.0 Å². The first-order chi connectivity index (χ1) is 10.2. The molecule has 0 aliphatic carbocycles. The molecule has 0 bridgehead atoms. The van der Waals surface area contributed by atoms with Gasteiger partial charge in [-0.15, -0.1) is 11.3 Å². The maximum Gasteiger partial charge on any atom is 0.0564 e. The molecule has 4 heteroatoms. The van der Waals surface area contributed by atoms with Gasteiger partial charge in [-0.25, -0.2) is 0 Å². The summed E-state index contributed by atoms with van der Waals surface area (Å²) in [5.74, 6) is 0. The number of thiophene rings is 1. The number of rotatable bonds is 8. The summed E-state index contributed by atoms with van der Waals surface area (Å²) >= 11 is 1.83. The van der Waals surface area contributed by atoms with E-state index in [4.69, 9.17) is 0 Å². The molecule has 2 aromatic rings. The minimum Gasteiger partial charge on any atom is -0.385 e. The Morgan fingerprint density at radius 3 is 2.95 bits per heavy atom. The molecular formula is C17H25N3S. The summed E-state index contributed by atoms with van der Waals surface area (Å²) in [4.78, 5) is 8.30. The number of nitrogens with zero attached hydrogens (tertiary/aromatic N) is 2. The van der Waals surface area contributed by atoms with Crippen LogP contribution in [0, 0.1) is 0 Å². The van der Waals surface area contributed by atoms with Crippen molar-refractivity contribution in [2.75, 3.05) is 18.9 Å². The van der Waals surface area contributed by atoms with Gasteiger partial charge in [0.1, 0.15) is 0 Å². The highest BCUT2D eigenvalue weighted by atomic mass is 32.1. The molecular weight excluding hydrogens is 278 g/mol. The van der Waals surface area contributed by atoms with Crippen molar-refractivity contribution in [2.24, 2.45) is 0 Å². The molecule has 114 valence electrons. The van der Waals surface area contributed by atoms with Gasteiger partial charge >= 0.3 is 0 Å². The van der Waals surface area contributed by atoms with Gasteiger partial charge in [0.15, 0.2) is 0 Å². The van der Waals surface area contributed by atoms with Crippen molar-refractivity contribution in [3.05, 3.63) is 46.4 Å². The maximum atomic E-state index is 4.49. The third-order valence-electron chi connectivity index (χ3n) is 3.64. The molecule has 1 unspecified atom stereocenters. The Morgan fingerprint density at radius 2 is 2.24 bits per heavy atom. The highest BCUT2D eigenvalue weighted by Gasteiger charge is 2.12. The van der Waals surface area contributed by atoms with E-state index in [9.17, 15) is 0 Å². The number of hydrogen-bond acceptors (Lipinski definition) is 4. The summed E-state index contributed by atoms with van der Waals surface area (Å²) in [6.45, 7) is 6.34. The summed E-state index contributed by atoms with van der Waals surface area (Å²) in [6.07, 6.45) is 4.13. The van der Waals surface area contributed by atoms with Crippen molar-refractivity contribution in [1.82, 2.24) is 9.88 Å². The van der Waals surface area contributed by atoms with Gasteiger partial charge in [-0.3, -0.25) is 9.88 Å². The molecule has 2 rings (SSSR count). The first-order valence-electron chi connectivity index (χ1n) is 7.60. The van der Waals surface area contributed by atoms with Crippen LogP contribution in [-0.2, 0) is 13.0 Å². The van der Waals surface area contributed by atoms with E-state index in [2.05, 4.69) is 59.7 Å². The first kappa shape index (κ1) is 16.0. The van der Waals surface area contributed by atoms with Gasteiger partial charge in [-0.2, -0.15) is 0 Å². The van der Waals surface area contributed by atoms with E-state index < -0.39 is 0 Å². The molecule has 1 N–H and O–H groups in total. The smallest absolute Gasteiger partial charge is 0.0564 e. The lowest BCUT2D eigenvalue weighted by molar-refractivity contribution is 0.246. The molecule has 2 aromatic heterocycles. The Labute approximate surface area is 132 Å². The van der Waals surface area contributed by atoms with Gasteiger partial charge in [0.05, 0.1) is 5.69 Å². The minimum absolute atomic E-state index is 0.512. The SMILES string of the molecule is CCCNc1ccnc(CN(C)C(C)Cc2cccs2)c1. The van der Waals surface area contributed by atoms with Gasteiger partial charge in [-0.05, 0) is 50.4 Å². The van der Waals surface area contributed by atoms with Crippen molar-refractivity contribution in [3.8, 4) is 0 Å². The Balaban J connectivity index is 1.90. The lowest BCUT2D eigenvalue weighted by atomic mass is 10.1. The van der Waals surface area contributed by atoms with E-state index in [0.717, 1.165) is 31.6 Å². The molecule has 2 heterocycles. The quantitative estimate of drug-likeness (QED) is 0.798. The molecule has 0 aromatic carbocycles. The maximum absolute atomic E-state index is 4.49. The first-order valence-corrected chi connectivity index (χ1v) is 8.48. The van der Waals surface area contributed by atoms with Gasteiger partial charge < -0.3 is 5.32 Å². The topological polar surface area (TPSA) is 28.2 Å². The van der Waals surface area contributed by atoms with Crippen LogP contribution in [0.25, 0.3) is 0 Å². The molecule has 0 aliphatic heterocycles. The molecule has 0 radical (unpaired) electrons. The zero-order valence-electron chi connectivity index (χ0n) is 13.2. The van der Waals surface area contributed by atoms with Crippen molar-refractivity contribution in [1.29, 1.82) is 0 Å². The van der Waals surface area contributed by atoms with Crippen LogP contribution in [0.5, 0.6) is 0 Å². The van der Waals surface area contributed by atoms with Crippen LogP contribution in [0.4, 0.5) is 5.69 Å². The highest BCUT2D eigenvalue weighted by molar-refractivity contribution is 7.09. The Morgan fingerprint density at radius 1 is 1.38 bits per heavy atom. The van der Waals surface area contributed by atoms with Crippen LogP contribution in [-0.4, -0.2) is 29.5 Å². The second kappa shape index (κ2) is 8.15. The predicted octanol–water partition coefficient (Wildman–Crippen LogP) is 4.03. The Bertz CT molecular complexity index is 525. The molecule has 0 aliphatic rings. The van der Waals surface area contributed by atoms with E-state index in [0.29, 0.717) is 6.04 Å². The highest BCUT2D eigenvalue weighted by Crippen LogP contribution is 2.16. The second-order valence-electron chi connectivity index (χ2n) is 5.51. The lowest BCUT2D eigenvalue weighted by Gasteiger charge is -2.24. The fourth-order valence-corrected chi connectivity index (χ4v) is 3.06. The van der Waals surface area contributed by atoms with Gasteiger partial charge in [0.25, 0.3) is 0 Å². The largest absolute Gasteiger partial charge is 0.385 e. The molecule has 0 saturated heterocycles. The van der Waals surface area contributed by atoms with E-state index in [1.54, 1.807) is 0 Å². The van der Waals surface area contributed by atoms with Crippen LogP contribution in [0.3, 0.4) is 0 Å². The van der Waals surface area contributed by atoms with Crippen LogP contribution in [0.15, 0.2) is 35.8 Å². The third kappa shape index (κ3) is 5.14. The minimum atomic E-state index is 0.512. The number of nitrogens with one attached hydrogen (secondary N) is 1. The van der Waals surface area contributed by atoms with Crippen LogP contribution in [0.1, 0.15) is 30.8 Å². The van der Waals surface area contributed by atoms with E-state index >= 15 is 0 Å². The summed E-state index contributed by atoms with van der Waals surface area (Å²) in [5, 5.41) is 5.56. The average Bonchev–Trinajstić information content (AvgIpc) is 2.98. The van der Waals surface area contributed by atoms with Crippen molar-refractivity contribution < 1.29 is 0 Å². The fraction of sp³-hybridized carbons (Fsp3) is 0.471. The van der Waals surface area contributed by atoms with Crippen molar-refractivity contribution in [3.63, 3.8) is 0 Å². The van der Waals surface area contributed by atoms with Crippen LogP contribution >= 0.6 is 11.3 Å². The van der Waals surface area contributed by atoms with E-state index in [1.165, 1.54) is 10.6 Å². The number of aromatic nitrogens is 1. The van der Waals surface area contributed by atoms with Crippen LogP contribution in [0.2, 0.25) is 0 Å². The Hall–Kier alpha value is -1.39. The summed E-state index contributed by atoms with van der Waals surface area (Å²) in [6, 6.07) is 9.04. The number of hydrogen-bond donors (Lipinski definition) is 1. The third-order valence-corrected chi connectivity index (χ3v) is 4.53. The van der Waals surface area contributed by atoms with E-state index in [-0.39, 0.29) is 0 Å². The van der Waals surface area contributed by atoms with Crippen molar-refractivity contribution in [2.45, 2.75) is 39.3 Å². The Kier molecular flexibility index (Phi) is 6.21. The van der Waals surface area contributed by atoms with Gasteiger partial charge in [0.2, 0.25) is 0 Å². The number of anilines is 1. The molecule has 1 atom stereocenters. The standard InChI is InChI=1S/C17H25N3S/c1-4-8-18-15-7-9-19-16(12-15)13-20(3)14(2)11-17-6-5-10-21-17/h5-7,9-10,12,14H,4,8,11,13H2,1-3H3,(H,18,19). The average molecular weight is 303 g/mol. The number of likely N-dealkylation sites (N-methyl/N-ethyl adjacent to an activating group) is 1. The monoisotopic (exact) mass is 303 g/mol. The summed E-state index contributed by atoms with van der Waals surface area (Å²) in [5.41, 5.74) is 2.29. The number of pyridine rings is 1. The van der Waals surface area contributed by atoms with E-state index in [1.807, 2.05) is 23.6 Å². The second-order valence-corrected chi connectivity index (χ2v) is 6.54. The predicted molar refractivity (Wildman–Crippen MR) is 92.0 cm³/mol. The fourth-order valence-electron chi connectivity index (χ4n) is 2.23. The zero-order chi connectivity index (χ0) is 15.1. The molecule has 21 heavy (non-hydrogen) atoms. The molecule has 0 amide bonds. The summed E-state index contributed by atoms with van der Waals surface area (Å²) in [7, 11) is 2.17. The molecule has 0 spiro atoms. The summed E-state index contributed by atoms with van der Waals surface area (Å²) < 4.78 is 0. The van der Waals surface area contributed by atoms with Crippen molar-refractivity contribution >= 4 is 17.0 Å². The lowest BCUT2D eigenvalue weighted by Crippen LogP contribution is -2.30.